The molecule has 2 heterocycles. The molecule has 1 aliphatic heterocycles. The predicted molar refractivity (Wildman–Crippen MR) is 118 cm³/mol. The summed E-state index contributed by atoms with van der Waals surface area (Å²) in [6.45, 7) is 2.39. The SMILES string of the molecule is COc1ccc(CN2CCC(NC(=O)c3ccc(COc4ccc(F)cc4)o3)CC2)cc1F. The molecule has 0 aliphatic carbocycles. The van der Waals surface area contributed by atoms with E-state index in [1.165, 1.54) is 37.4 Å². The molecule has 1 amide bonds. The maximum Gasteiger partial charge on any atom is 0.287 e. The Bertz CT molecular complexity index is 1080. The molecular formula is C25H26F2N2O4. The van der Waals surface area contributed by atoms with Crippen LogP contribution in [0.15, 0.2) is 59.0 Å². The number of piperidine rings is 1. The minimum Gasteiger partial charge on any atom is -0.494 e. The molecule has 1 saturated heterocycles. The molecule has 8 heteroatoms. The van der Waals surface area contributed by atoms with Crippen LogP contribution in [0.25, 0.3) is 0 Å². The highest BCUT2D eigenvalue weighted by molar-refractivity contribution is 5.91. The Morgan fingerprint density at radius 3 is 2.55 bits per heavy atom. The largest absolute Gasteiger partial charge is 0.494 e. The van der Waals surface area contributed by atoms with Crippen molar-refractivity contribution in [2.45, 2.75) is 32.0 Å². The number of nitrogens with one attached hydrogen (secondary N) is 1. The van der Waals surface area contributed by atoms with Gasteiger partial charge < -0.3 is 19.2 Å². The zero-order chi connectivity index (χ0) is 23.2. The fourth-order valence-corrected chi connectivity index (χ4v) is 3.82. The smallest absolute Gasteiger partial charge is 0.287 e. The standard InChI is InChI=1S/C25H26F2N2O4/c1-31-23-8-2-17(14-22(23)27)15-29-12-10-19(11-13-29)28-25(30)24-9-7-21(33-24)16-32-20-5-3-18(26)4-6-20/h2-9,14,19H,10-13,15-16H2,1H3,(H,28,30). The molecule has 3 aromatic rings. The molecule has 0 bridgehead atoms. The number of hydrogen-bond donors (Lipinski definition) is 1. The first-order valence-corrected chi connectivity index (χ1v) is 10.8. The average molecular weight is 456 g/mol. The average Bonchev–Trinajstić information content (AvgIpc) is 3.29. The number of halogens is 2. The lowest BCUT2D eigenvalue weighted by molar-refractivity contribution is 0.0877. The van der Waals surface area contributed by atoms with Gasteiger partial charge >= 0.3 is 0 Å². The number of likely N-dealkylation sites (tertiary alicyclic amines) is 1. The van der Waals surface area contributed by atoms with E-state index in [4.69, 9.17) is 13.9 Å². The lowest BCUT2D eigenvalue weighted by Crippen LogP contribution is -2.44. The Kier molecular flexibility index (Phi) is 7.24. The van der Waals surface area contributed by atoms with Crippen LogP contribution in [0.4, 0.5) is 8.78 Å². The van der Waals surface area contributed by atoms with Gasteiger partial charge in [0, 0.05) is 25.7 Å². The van der Waals surface area contributed by atoms with Gasteiger partial charge in [0.25, 0.3) is 5.91 Å². The first kappa shape index (κ1) is 22.8. The van der Waals surface area contributed by atoms with Gasteiger partial charge in [-0.2, -0.15) is 0 Å². The molecule has 0 atom stereocenters. The van der Waals surface area contributed by atoms with E-state index in [0.29, 0.717) is 18.1 Å². The fourth-order valence-electron chi connectivity index (χ4n) is 3.82. The third-order valence-electron chi connectivity index (χ3n) is 5.63. The maximum absolute atomic E-state index is 13.9. The summed E-state index contributed by atoms with van der Waals surface area (Å²) in [5, 5.41) is 3.02. The summed E-state index contributed by atoms with van der Waals surface area (Å²) in [4.78, 5) is 14.8. The summed E-state index contributed by atoms with van der Waals surface area (Å²) in [6.07, 6.45) is 1.59. The third kappa shape index (κ3) is 6.10. The number of furan rings is 1. The van der Waals surface area contributed by atoms with E-state index in [-0.39, 0.29) is 41.7 Å². The highest BCUT2D eigenvalue weighted by Gasteiger charge is 2.23. The van der Waals surface area contributed by atoms with Crippen molar-refractivity contribution in [2.24, 2.45) is 0 Å². The topological polar surface area (TPSA) is 63.9 Å². The van der Waals surface area contributed by atoms with Crippen LogP contribution in [0.5, 0.6) is 11.5 Å². The van der Waals surface area contributed by atoms with Crippen LogP contribution in [-0.4, -0.2) is 37.0 Å². The summed E-state index contributed by atoms with van der Waals surface area (Å²) >= 11 is 0. The Morgan fingerprint density at radius 1 is 1.09 bits per heavy atom. The second-order valence-corrected chi connectivity index (χ2v) is 8.00. The molecule has 174 valence electrons. The number of ether oxygens (including phenoxy) is 2. The molecule has 0 spiro atoms. The van der Waals surface area contributed by atoms with Crippen LogP contribution >= 0.6 is 0 Å². The van der Waals surface area contributed by atoms with Crippen molar-refractivity contribution in [3.63, 3.8) is 0 Å². The van der Waals surface area contributed by atoms with E-state index in [1.807, 2.05) is 6.07 Å². The van der Waals surface area contributed by atoms with Crippen molar-refractivity contribution in [1.29, 1.82) is 0 Å². The van der Waals surface area contributed by atoms with Crippen molar-refractivity contribution >= 4 is 5.91 Å². The van der Waals surface area contributed by atoms with E-state index in [1.54, 1.807) is 18.2 Å². The summed E-state index contributed by atoms with van der Waals surface area (Å²) in [5.41, 5.74) is 0.891. The van der Waals surface area contributed by atoms with Crippen molar-refractivity contribution in [3.8, 4) is 11.5 Å². The summed E-state index contributed by atoms with van der Waals surface area (Å²) in [6, 6.07) is 14.1. The van der Waals surface area contributed by atoms with Gasteiger partial charge in [-0.3, -0.25) is 9.69 Å². The molecule has 4 rings (SSSR count). The van der Waals surface area contributed by atoms with Gasteiger partial charge in [0.15, 0.2) is 17.3 Å². The Labute approximate surface area is 191 Å². The highest BCUT2D eigenvalue weighted by atomic mass is 19.1. The molecule has 1 fully saturated rings. The summed E-state index contributed by atoms with van der Waals surface area (Å²) in [7, 11) is 1.45. The molecule has 0 unspecified atom stereocenters. The van der Waals surface area contributed by atoms with Gasteiger partial charge in [0.1, 0.15) is 23.9 Å². The van der Waals surface area contributed by atoms with Crippen LogP contribution in [-0.2, 0) is 13.2 Å². The Morgan fingerprint density at radius 2 is 1.85 bits per heavy atom. The van der Waals surface area contributed by atoms with E-state index < -0.39 is 0 Å². The minimum atomic E-state index is -0.363. The normalized spacial score (nSPS) is 14.8. The van der Waals surface area contributed by atoms with Crippen LogP contribution < -0.4 is 14.8 Å². The van der Waals surface area contributed by atoms with Gasteiger partial charge in [-0.15, -0.1) is 0 Å². The molecule has 0 saturated carbocycles. The zero-order valence-electron chi connectivity index (χ0n) is 18.4. The van der Waals surface area contributed by atoms with Crippen molar-refractivity contribution < 1.29 is 27.5 Å². The number of amides is 1. The van der Waals surface area contributed by atoms with E-state index in [2.05, 4.69) is 10.2 Å². The van der Waals surface area contributed by atoms with Crippen molar-refractivity contribution in [2.75, 3.05) is 20.2 Å². The quantitative estimate of drug-likeness (QED) is 0.539. The molecule has 1 aromatic heterocycles. The predicted octanol–water partition coefficient (Wildman–Crippen LogP) is 4.54. The molecule has 1 aliphatic rings. The highest BCUT2D eigenvalue weighted by Crippen LogP contribution is 2.21. The third-order valence-corrected chi connectivity index (χ3v) is 5.63. The molecule has 33 heavy (non-hydrogen) atoms. The molecule has 0 radical (unpaired) electrons. The van der Waals surface area contributed by atoms with Crippen LogP contribution in [0.2, 0.25) is 0 Å². The van der Waals surface area contributed by atoms with E-state index in [0.717, 1.165) is 31.5 Å². The van der Waals surface area contributed by atoms with Crippen molar-refractivity contribution in [3.05, 3.63) is 83.3 Å². The number of rotatable bonds is 8. The molecular weight excluding hydrogens is 430 g/mol. The monoisotopic (exact) mass is 456 g/mol. The van der Waals surface area contributed by atoms with Gasteiger partial charge in [0.05, 0.1) is 7.11 Å². The summed E-state index contributed by atoms with van der Waals surface area (Å²) < 4.78 is 43.0. The number of carbonyl (C=O) groups is 1. The van der Waals surface area contributed by atoms with Gasteiger partial charge in [0.2, 0.25) is 0 Å². The number of hydrogen-bond acceptors (Lipinski definition) is 5. The maximum atomic E-state index is 13.9. The number of benzene rings is 2. The van der Waals surface area contributed by atoms with Gasteiger partial charge in [-0.25, -0.2) is 8.78 Å². The number of methoxy groups -OCH3 is 1. The van der Waals surface area contributed by atoms with Crippen LogP contribution in [0.1, 0.15) is 34.7 Å². The van der Waals surface area contributed by atoms with Crippen molar-refractivity contribution in [1.82, 2.24) is 10.2 Å². The van der Waals surface area contributed by atoms with Crippen LogP contribution in [0, 0.1) is 11.6 Å². The summed E-state index contributed by atoms with van der Waals surface area (Å²) in [5.74, 6) is 0.526. The minimum absolute atomic E-state index is 0.0466. The van der Waals surface area contributed by atoms with Gasteiger partial charge in [-0.05, 0) is 66.9 Å². The first-order chi connectivity index (χ1) is 16.0. The van der Waals surface area contributed by atoms with Gasteiger partial charge in [-0.1, -0.05) is 6.07 Å². The molecule has 1 N–H and O–H groups in total. The number of carbonyl (C=O) groups excluding carboxylic acids is 1. The number of nitrogens with zero attached hydrogens (tertiary/aromatic N) is 1. The van der Waals surface area contributed by atoms with Crippen LogP contribution in [0.3, 0.4) is 0 Å². The second-order valence-electron chi connectivity index (χ2n) is 8.00. The van der Waals surface area contributed by atoms with E-state index >= 15 is 0 Å². The van der Waals surface area contributed by atoms with E-state index in [9.17, 15) is 13.6 Å². The Balaban J connectivity index is 1.22. The zero-order valence-corrected chi connectivity index (χ0v) is 18.4. The Hall–Kier alpha value is -3.39. The second kappa shape index (κ2) is 10.5. The molecule has 2 aromatic carbocycles. The molecule has 6 nitrogen and oxygen atoms in total. The fraction of sp³-hybridized carbons (Fsp3) is 0.320. The lowest BCUT2D eigenvalue weighted by atomic mass is 10.0. The first-order valence-electron chi connectivity index (χ1n) is 10.8. The lowest BCUT2D eigenvalue weighted by Gasteiger charge is -2.32.